The number of ketones is 1. The summed E-state index contributed by atoms with van der Waals surface area (Å²) < 4.78 is 12.9. The van der Waals surface area contributed by atoms with Gasteiger partial charge in [-0.05, 0) is 49.9 Å². The monoisotopic (exact) mass is 345 g/mol. The molecule has 6 nitrogen and oxygen atoms in total. The number of aryl methyl sites for hydroxylation is 1. The van der Waals surface area contributed by atoms with Crippen LogP contribution in [0, 0.1) is 5.82 Å². The van der Waals surface area contributed by atoms with Gasteiger partial charge in [0.15, 0.2) is 11.5 Å². The minimum Gasteiger partial charge on any atom is -0.501 e. The van der Waals surface area contributed by atoms with Gasteiger partial charge in [0, 0.05) is 6.42 Å². The first-order chi connectivity index (χ1) is 12.0. The van der Waals surface area contributed by atoms with E-state index in [9.17, 15) is 19.1 Å². The first-order valence-corrected chi connectivity index (χ1v) is 8.39. The van der Waals surface area contributed by atoms with E-state index in [0.717, 1.165) is 24.9 Å². The molecule has 0 radical (unpaired) electrons. The summed E-state index contributed by atoms with van der Waals surface area (Å²) in [5, 5.41) is 13.1. The predicted octanol–water partition coefficient (Wildman–Crippen LogP) is 2.24. The second-order valence-electron chi connectivity index (χ2n) is 6.20. The van der Waals surface area contributed by atoms with Gasteiger partial charge >= 0.3 is 0 Å². The largest absolute Gasteiger partial charge is 0.501 e. The van der Waals surface area contributed by atoms with Gasteiger partial charge in [-0.15, -0.1) is 0 Å². The van der Waals surface area contributed by atoms with Crippen LogP contribution in [0.1, 0.15) is 53.6 Å². The summed E-state index contributed by atoms with van der Waals surface area (Å²) in [5.41, 5.74) is 0.0558. The maximum Gasteiger partial charge on any atom is 0.293 e. The molecule has 0 amide bonds. The molecule has 1 aliphatic rings. The van der Waals surface area contributed by atoms with Crippen LogP contribution >= 0.6 is 0 Å². The molecule has 1 fully saturated rings. The Morgan fingerprint density at radius 2 is 2.08 bits per heavy atom. The van der Waals surface area contributed by atoms with Crippen LogP contribution in [-0.2, 0) is 6.42 Å². The highest BCUT2D eigenvalue weighted by molar-refractivity contribution is 5.96. The number of rotatable bonds is 6. The minimum absolute atomic E-state index is 0.0981. The van der Waals surface area contributed by atoms with E-state index >= 15 is 0 Å². The van der Waals surface area contributed by atoms with Crippen LogP contribution in [0.2, 0.25) is 0 Å². The van der Waals surface area contributed by atoms with Crippen LogP contribution in [-0.4, -0.2) is 27.4 Å². The number of aromatic hydroxyl groups is 1. The SMILES string of the molecule is O=C(CCCc1ccc(F)cc1)c1nc(C2CCCN2)[nH]c(=O)c1O. The molecule has 3 rings (SSSR count). The summed E-state index contributed by atoms with van der Waals surface area (Å²) in [6.07, 6.45) is 3.07. The molecule has 2 heterocycles. The number of aromatic nitrogens is 2. The lowest BCUT2D eigenvalue weighted by atomic mass is 10.0. The molecule has 1 saturated heterocycles. The number of nitrogens with zero attached hydrogens (tertiary/aromatic N) is 1. The fraction of sp³-hybridized carbons (Fsp3) is 0.389. The molecule has 132 valence electrons. The lowest BCUT2D eigenvalue weighted by molar-refractivity contribution is 0.0971. The number of hydrogen-bond donors (Lipinski definition) is 3. The molecular formula is C18H20FN3O3. The lowest BCUT2D eigenvalue weighted by Crippen LogP contribution is -2.23. The van der Waals surface area contributed by atoms with Gasteiger partial charge in [-0.3, -0.25) is 9.59 Å². The zero-order valence-corrected chi connectivity index (χ0v) is 13.7. The molecule has 1 aromatic carbocycles. The quantitative estimate of drug-likeness (QED) is 0.698. The summed E-state index contributed by atoms with van der Waals surface area (Å²) >= 11 is 0. The maximum atomic E-state index is 12.9. The normalized spacial score (nSPS) is 16.9. The van der Waals surface area contributed by atoms with E-state index in [2.05, 4.69) is 15.3 Å². The first-order valence-electron chi connectivity index (χ1n) is 8.39. The van der Waals surface area contributed by atoms with Crippen molar-refractivity contribution >= 4 is 5.78 Å². The van der Waals surface area contributed by atoms with E-state index in [4.69, 9.17) is 0 Å². The zero-order valence-electron chi connectivity index (χ0n) is 13.7. The van der Waals surface area contributed by atoms with Crippen molar-refractivity contribution in [2.75, 3.05) is 6.54 Å². The van der Waals surface area contributed by atoms with Gasteiger partial charge in [0.25, 0.3) is 5.56 Å². The van der Waals surface area contributed by atoms with E-state index in [1.807, 2.05) is 0 Å². The number of H-pyrrole nitrogens is 1. The van der Waals surface area contributed by atoms with Gasteiger partial charge in [-0.25, -0.2) is 9.37 Å². The lowest BCUT2D eigenvalue weighted by Gasteiger charge is -2.11. The third-order valence-electron chi connectivity index (χ3n) is 4.35. The van der Waals surface area contributed by atoms with Crippen LogP contribution in [0.3, 0.4) is 0 Å². The molecule has 1 aliphatic heterocycles. The van der Waals surface area contributed by atoms with Crippen LogP contribution in [0.25, 0.3) is 0 Å². The van der Waals surface area contributed by atoms with Crippen LogP contribution in [0.5, 0.6) is 5.75 Å². The van der Waals surface area contributed by atoms with Gasteiger partial charge in [-0.1, -0.05) is 12.1 Å². The van der Waals surface area contributed by atoms with Gasteiger partial charge in [0.2, 0.25) is 5.75 Å². The van der Waals surface area contributed by atoms with E-state index in [1.165, 1.54) is 12.1 Å². The number of aromatic amines is 1. The highest BCUT2D eigenvalue weighted by atomic mass is 19.1. The summed E-state index contributed by atoms with van der Waals surface area (Å²) in [7, 11) is 0. The number of carbonyl (C=O) groups is 1. The number of halogens is 1. The van der Waals surface area contributed by atoms with E-state index in [-0.39, 0.29) is 29.8 Å². The van der Waals surface area contributed by atoms with Crippen molar-refractivity contribution in [2.24, 2.45) is 0 Å². The van der Waals surface area contributed by atoms with Gasteiger partial charge in [0.05, 0.1) is 6.04 Å². The number of benzene rings is 1. The summed E-state index contributed by atoms with van der Waals surface area (Å²) in [4.78, 5) is 31.0. The van der Waals surface area contributed by atoms with E-state index in [0.29, 0.717) is 18.7 Å². The Bertz CT molecular complexity index is 811. The van der Waals surface area contributed by atoms with Crippen molar-refractivity contribution in [1.29, 1.82) is 0 Å². The molecule has 0 bridgehead atoms. The second-order valence-corrected chi connectivity index (χ2v) is 6.20. The molecule has 1 atom stereocenters. The van der Waals surface area contributed by atoms with Crippen molar-refractivity contribution in [3.8, 4) is 5.75 Å². The Morgan fingerprint density at radius 1 is 1.32 bits per heavy atom. The highest BCUT2D eigenvalue weighted by Crippen LogP contribution is 2.21. The maximum absolute atomic E-state index is 12.9. The Kier molecular flexibility index (Phi) is 5.23. The van der Waals surface area contributed by atoms with Gasteiger partial charge < -0.3 is 15.4 Å². The second kappa shape index (κ2) is 7.57. The summed E-state index contributed by atoms with van der Waals surface area (Å²) in [5.74, 6) is -0.911. The number of Topliss-reactive ketones (excluding diaryl/α,β-unsaturated/α-hetero) is 1. The fourth-order valence-electron chi connectivity index (χ4n) is 2.98. The predicted molar refractivity (Wildman–Crippen MR) is 90.2 cm³/mol. The topological polar surface area (TPSA) is 95.1 Å². The van der Waals surface area contributed by atoms with Crippen LogP contribution < -0.4 is 10.9 Å². The van der Waals surface area contributed by atoms with Crippen molar-refractivity contribution in [2.45, 2.75) is 38.1 Å². The highest BCUT2D eigenvalue weighted by Gasteiger charge is 2.23. The number of nitrogens with one attached hydrogen (secondary N) is 2. The number of hydrogen-bond acceptors (Lipinski definition) is 5. The molecular weight excluding hydrogens is 325 g/mol. The summed E-state index contributed by atoms with van der Waals surface area (Å²) in [6.45, 7) is 0.830. The molecule has 1 aromatic heterocycles. The first kappa shape index (κ1) is 17.3. The molecule has 1 unspecified atom stereocenters. The van der Waals surface area contributed by atoms with E-state index in [1.54, 1.807) is 12.1 Å². The zero-order chi connectivity index (χ0) is 17.8. The number of carbonyl (C=O) groups excluding carboxylic acids is 1. The minimum atomic E-state index is -0.694. The third kappa shape index (κ3) is 4.11. The van der Waals surface area contributed by atoms with Gasteiger partial charge in [-0.2, -0.15) is 0 Å². The molecule has 0 spiro atoms. The molecule has 2 aromatic rings. The average molecular weight is 345 g/mol. The Labute approximate surface area is 144 Å². The Balaban J connectivity index is 1.68. The average Bonchev–Trinajstić information content (AvgIpc) is 3.13. The van der Waals surface area contributed by atoms with Crippen molar-refractivity contribution in [3.05, 3.63) is 57.5 Å². The summed E-state index contributed by atoms with van der Waals surface area (Å²) in [6, 6.07) is 6.00. The molecule has 7 heteroatoms. The van der Waals surface area contributed by atoms with Crippen LogP contribution in [0.15, 0.2) is 29.1 Å². The Hall–Kier alpha value is -2.54. The standard InChI is InChI=1S/C18H20FN3O3/c19-12-8-6-11(7-9-12)3-1-5-14(23)15-16(24)18(25)22-17(21-15)13-4-2-10-20-13/h6-9,13,20,24H,1-5,10H2,(H,21,22,25). The molecule has 0 aliphatic carbocycles. The molecule has 0 saturated carbocycles. The van der Waals surface area contributed by atoms with Crippen molar-refractivity contribution < 1.29 is 14.3 Å². The third-order valence-corrected chi connectivity index (χ3v) is 4.35. The molecule has 3 N–H and O–H groups in total. The molecule has 25 heavy (non-hydrogen) atoms. The fourth-order valence-corrected chi connectivity index (χ4v) is 2.98. The van der Waals surface area contributed by atoms with Crippen LogP contribution in [0.4, 0.5) is 4.39 Å². The smallest absolute Gasteiger partial charge is 0.293 e. The Morgan fingerprint density at radius 3 is 2.76 bits per heavy atom. The van der Waals surface area contributed by atoms with Gasteiger partial charge in [0.1, 0.15) is 11.6 Å². The van der Waals surface area contributed by atoms with E-state index < -0.39 is 11.3 Å². The van der Waals surface area contributed by atoms with Crippen molar-refractivity contribution in [1.82, 2.24) is 15.3 Å². The van der Waals surface area contributed by atoms with Crippen molar-refractivity contribution in [3.63, 3.8) is 0 Å².